The van der Waals surface area contributed by atoms with Gasteiger partial charge in [-0.2, -0.15) is 17.5 Å². The lowest BCUT2D eigenvalue weighted by Gasteiger charge is -2.23. The van der Waals surface area contributed by atoms with Crippen molar-refractivity contribution in [1.29, 1.82) is 0 Å². The number of alkyl halides is 4. The van der Waals surface area contributed by atoms with Crippen LogP contribution < -0.4 is 10.9 Å². The van der Waals surface area contributed by atoms with Gasteiger partial charge in [-0.25, -0.2) is 21.6 Å². The summed E-state index contributed by atoms with van der Waals surface area (Å²) in [5.41, 5.74) is -3.65. The molecule has 2 atom stereocenters. The van der Waals surface area contributed by atoms with Crippen LogP contribution in [0.15, 0.2) is 64.4 Å². The molecule has 4 rings (SSSR count). The number of nitrogens with one attached hydrogen (secondary N) is 2. The smallest absolute Gasteiger partial charge is 0.351 e. The van der Waals surface area contributed by atoms with Gasteiger partial charge < -0.3 is 10.3 Å². The lowest BCUT2D eigenvalue weighted by atomic mass is 9.99. The van der Waals surface area contributed by atoms with E-state index >= 15 is 0 Å². The number of aromatic amines is 1. The van der Waals surface area contributed by atoms with Gasteiger partial charge in [-0.05, 0) is 59.7 Å². The molecule has 1 aliphatic rings. The molecule has 0 radical (unpaired) electrons. The molecule has 2 N–H and O–H groups in total. The van der Waals surface area contributed by atoms with E-state index < -0.39 is 87.7 Å². The highest BCUT2D eigenvalue weighted by Gasteiger charge is 2.44. The van der Waals surface area contributed by atoms with Crippen LogP contribution in [0.5, 0.6) is 0 Å². The number of rotatable bonds is 6. The summed E-state index contributed by atoms with van der Waals surface area (Å²) in [6.45, 7) is -1.09. The number of carbonyl (C=O) groups is 1. The summed E-state index contributed by atoms with van der Waals surface area (Å²) in [7, 11) is -4.38. The van der Waals surface area contributed by atoms with Crippen LogP contribution in [0.4, 0.5) is 26.3 Å². The first-order valence-electron chi connectivity index (χ1n) is 11.1. The summed E-state index contributed by atoms with van der Waals surface area (Å²) in [6.07, 6.45) is -6.25. The zero-order chi connectivity index (χ0) is 27.8. The van der Waals surface area contributed by atoms with E-state index in [1.165, 1.54) is 0 Å². The Labute approximate surface area is 212 Å². The largest absolute Gasteiger partial charge is 0.417 e. The van der Waals surface area contributed by atoms with Crippen molar-refractivity contribution in [1.82, 2.24) is 14.6 Å². The first-order valence-corrected chi connectivity index (χ1v) is 12.5. The number of nitrogens with zero attached hydrogens (tertiary/aromatic N) is 1. The van der Waals surface area contributed by atoms with Crippen molar-refractivity contribution in [2.75, 3.05) is 6.54 Å². The van der Waals surface area contributed by atoms with Crippen molar-refractivity contribution in [3.8, 4) is 11.1 Å². The second kappa shape index (κ2) is 10.3. The zero-order valence-electron chi connectivity index (χ0n) is 19.2. The van der Waals surface area contributed by atoms with Crippen molar-refractivity contribution in [3.05, 3.63) is 87.8 Å². The van der Waals surface area contributed by atoms with Gasteiger partial charge in [-0.15, -0.1) is 0 Å². The van der Waals surface area contributed by atoms with Crippen LogP contribution in [0.3, 0.4) is 0 Å². The third kappa shape index (κ3) is 5.60. The molecule has 1 saturated heterocycles. The summed E-state index contributed by atoms with van der Waals surface area (Å²) >= 11 is 0. The minimum absolute atomic E-state index is 0.0348. The molecule has 1 aliphatic heterocycles. The molecule has 2 heterocycles. The lowest BCUT2D eigenvalue weighted by Crippen LogP contribution is -2.45. The molecular formula is C24H19F6N3O4S. The van der Waals surface area contributed by atoms with E-state index in [9.17, 15) is 44.3 Å². The van der Waals surface area contributed by atoms with Crippen molar-refractivity contribution >= 4 is 15.9 Å². The number of amides is 1. The maximum atomic E-state index is 14.3. The van der Waals surface area contributed by atoms with E-state index in [1.54, 1.807) is 0 Å². The minimum Gasteiger partial charge on any atom is -0.351 e. The Morgan fingerprint density at radius 3 is 2.39 bits per heavy atom. The van der Waals surface area contributed by atoms with Crippen molar-refractivity contribution < 1.29 is 39.6 Å². The molecule has 1 amide bonds. The SMILES string of the molecule is O=C(NCc1cc(F)cc(-c2c(C(F)(F)F)cc[nH]c2=O)c1)[C@@H]1C[C@@H](F)CN1S(=O)(=O)c1ccc(F)cc1. The van der Waals surface area contributed by atoms with Crippen LogP contribution in [0.1, 0.15) is 17.5 Å². The number of H-pyrrole nitrogens is 1. The fourth-order valence-electron chi connectivity index (χ4n) is 4.21. The van der Waals surface area contributed by atoms with Gasteiger partial charge >= 0.3 is 6.18 Å². The molecule has 0 aliphatic carbocycles. The normalized spacial score (nSPS) is 18.5. The highest BCUT2D eigenvalue weighted by Crippen LogP contribution is 2.35. The Morgan fingerprint density at radius 2 is 1.74 bits per heavy atom. The van der Waals surface area contributed by atoms with Gasteiger partial charge in [0.1, 0.15) is 23.8 Å². The third-order valence-electron chi connectivity index (χ3n) is 5.91. The van der Waals surface area contributed by atoms with E-state index in [-0.39, 0.29) is 10.5 Å². The van der Waals surface area contributed by atoms with Gasteiger partial charge in [-0.1, -0.05) is 0 Å². The van der Waals surface area contributed by atoms with Gasteiger partial charge in [0.05, 0.1) is 16.0 Å². The van der Waals surface area contributed by atoms with E-state index in [4.69, 9.17) is 0 Å². The predicted molar refractivity (Wildman–Crippen MR) is 123 cm³/mol. The summed E-state index contributed by atoms with van der Waals surface area (Å²) in [5.74, 6) is -2.62. The van der Waals surface area contributed by atoms with E-state index in [2.05, 4.69) is 10.3 Å². The highest BCUT2D eigenvalue weighted by molar-refractivity contribution is 7.89. The van der Waals surface area contributed by atoms with Gasteiger partial charge in [0.2, 0.25) is 15.9 Å². The predicted octanol–water partition coefficient (Wildman–Crippen LogP) is 3.76. The molecule has 1 fully saturated rings. The molecule has 7 nitrogen and oxygen atoms in total. The molecule has 38 heavy (non-hydrogen) atoms. The van der Waals surface area contributed by atoms with Crippen LogP contribution >= 0.6 is 0 Å². The first kappa shape index (κ1) is 27.4. The lowest BCUT2D eigenvalue weighted by molar-refractivity contribution is -0.137. The van der Waals surface area contributed by atoms with Crippen LogP contribution in [0, 0.1) is 11.6 Å². The Balaban J connectivity index is 1.58. The summed E-state index contributed by atoms with van der Waals surface area (Å²) in [5, 5.41) is 2.34. The monoisotopic (exact) mass is 559 g/mol. The second-order valence-electron chi connectivity index (χ2n) is 8.54. The van der Waals surface area contributed by atoms with Crippen LogP contribution in [0.2, 0.25) is 0 Å². The molecular weight excluding hydrogens is 540 g/mol. The fraction of sp³-hybridized carbons (Fsp3) is 0.250. The standard InChI is InChI=1S/C24H19F6N3O4S/c25-15-1-3-18(4-2-15)38(36,37)33-12-17(27)10-20(33)22(34)32-11-13-7-14(9-16(26)8-13)21-19(24(28,29)30)5-6-31-23(21)35/h1-9,17,20H,10-12H2,(H,31,35)(H,32,34)/t17-,20+/m1/s1. The average molecular weight is 559 g/mol. The number of benzene rings is 2. The number of halogens is 6. The molecule has 202 valence electrons. The first-order chi connectivity index (χ1) is 17.8. The zero-order valence-corrected chi connectivity index (χ0v) is 20.0. The maximum absolute atomic E-state index is 14.3. The van der Waals surface area contributed by atoms with Crippen molar-refractivity contribution in [3.63, 3.8) is 0 Å². The van der Waals surface area contributed by atoms with Crippen molar-refractivity contribution in [2.45, 2.75) is 36.3 Å². The van der Waals surface area contributed by atoms with Crippen LogP contribution in [-0.2, 0) is 27.5 Å². The van der Waals surface area contributed by atoms with E-state index in [0.29, 0.717) is 10.4 Å². The van der Waals surface area contributed by atoms with Gasteiger partial charge in [0.25, 0.3) is 5.56 Å². The van der Waals surface area contributed by atoms with Gasteiger partial charge in [0.15, 0.2) is 0 Å². The fourth-order valence-corrected chi connectivity index (χ4v) is 5.83. The number of hydrogen-bond donors (Lipinski definition) is 2. The number of aromatic nitrogens is 1. The molecule has 1 aromatic heterocycles. The van der Waals surface area contributed by atoms with E-state index in [0.717, 1.165) is 48.7 Å². The molecule has 14 heteroatoms. The Kier molecular flexibility index (Phi) is 7.39. The summed E-state index contributed by atoms with van der Waals surface area (Å²) in [4.78, 5) is 26.8. The molecule has 0 unspecified atom stereocenters. The number of sulfonamides is 1. The second-order valence-corrected chi connectivity index (χ2v) is 10.4. The van der Waals surface area contributed by atoms with Crippen LogP contribution in [0.25, 0.3) is 11.1 Å². The summed E-state index contributed by atoms with van der Waals surface area (Å²) in [6, 6.07) is 5.60. The molecule has 0 spiro atoms. The van der Waals surface area contributed by atoms with Crippen molar-refractivity contribution in [2.24, 2.45) is 0 Å². The highest BCUT2D eigenvalue weighted by atomic mass is 32.2. The average Bonchev–Trinajstić information content (AvgIpc) is 3.24. The number of pyridine rings is 1. The van der Waals surface area contributed by atoms with Gasteiger partial charge in [0, 0.05) is 25.7 Å². The molecule has 0 saturated carbocycles. The number of hydrogen-bond acceptors (Lipinski definition) is 4. The van der Waals surface area contributed by atoms with Gasteiger partial charge in [-0.3, -0.25) is 9.59 Å². The van der Waals surface area contributed by atoms with E-state index in [1.807, 2.05) is 0 Å². The Hall–Kier alpha value is -3.65. The molecule has 3 aromatic rings. The summed E-state index contributed by atoms with van der Waals surface area (Å²) < 4.78 is 109. The Bertz CT molecular complexity index is 1520. The molecule has 0 bridgehead atoms. The third-order valence-corrected chi connectivity index (χ3v) is 7.80. The minimum atomic E-state index is -4.91. The Morgan fingerprint density at radius 1 is 1.05 bits per heavy atom. The van der Waals surface area contributed by atoms with Crippen LogP contribution in [-0.4, -0.2) is 42.4 Å². The number of carbonyl (C=O) groups excluding carboxylic acids is 1. The quantitative estimate of drug-likeness (QED) is 0.450. The topological polar surface area (TPSA) is 99.3 Å². The maximum Gasteiger partial charge on any atom is 0.417 e. The molecule has 2 aromatic carbocycles.